The van der Waals surface area contributed by atoms with Gasteiger partial charge in [0.2, 0.25) is 0 Å². The zero-order chi connectivity index (χ0) is 38.7. The van der Waals surface area contributed by atoms with Crippen molar-refractivity contribution in [3.05, 3.63) is 0 Å². The first-order valence-corrected chi connectivity index (χ1v) is 12.0. The van der Waals surface area contributed by atoms with Gasteiger partial charge in [-0.3, -0.25) is 0 Å². The van der Waals surface area contributed by atoms with Gasteiger partial charge in [-0.05, 0) is 0 Å². The number of hydrogen-bond donors (Lipinski definition) is 1. The summed E-state index contributed by atoms with van der Waals surface area (Å²) >= 11 is 0. The molecule has 1 N–H and O–H groups in total. The third kappa shape index (κ3) is 8.54. The number of hydrogen-bond acceptors (Lipinski definition) is 3. The zero-order valence-electron chi connectivity index (χ0n) is 20.8. The van der Waals surface area contributed by atoms with Crippen molar-refractivity contribution in [3.63, 3.8) is 0 Å². The summed E-state index contributed by atoms with van der Waals surface area (Å²) in [6.45, 7) is 0. The lowest BCUT2D eigenvalue weighted by molar-refractivity contribution is -0.443. The molecule has 284 valence electrons. The molecule has 0 heterocycles. The fraction of sp³-hybridized carbons (Fsp3) is 1.00. The summed E-state index contributed by atoms with van der Waals surface area (Å²) in [7, 11) is -8.81. The first-order chi connectivity index (χ1) is 19.8. The molecule has 0 fully saturated rings. The predicted molar refractivity (Wildman–Crippen MR) is 92.0 cm³/mol. The fourth-order valence-electron chi connectivity index (χ4n) is 2.55. The molecule has 0 aliphatic rings. The Labute approximate surface area is 239 Å². The van der Waals surface area contributed by atoms with E-state index in [9.17, 15) is 119 Å². The number of phosphoric ester groups is 1. The van der Waals surface area contributed by atoms with Gasteiger partial charge in [0, 0.05) is 25.7 Å². The molecule has 0 radical (unpaired) electrons. The average molecular weight is 790 g/mol. The van der Waals surface area contributed by atoms with Crippen LogP contribution in [0, 0.1) is 0 Å². The van der Waals surface area contributed by atoms with E-state index in [2.05, 4.69) is 0 Å². The Morgan fingerprint density at radius 3 is 0.766 bits per heavy atom. The number of rotatable bonds is 16. The van der Waals surface area contributed by atoms with Crippen LogP contribution in [-0.4, -0.2) is 76.8 Å². The highest BCUT2D eigenvalue weighted by Crippen LogP contribution is 2.65. The van der Waals surface area contributed by atoms with E-state index in [1.807, 2.05) is 0 Å². The second-order valence-electron chi connectivity index (χ2n) is 8.77. The molecule has 0 saturated heterocycles. The van der Waals surface area contributed by atoms with Crippen LogP contribution in [0.25, 0.3) is 0 Å². The molecule has 0 aliphatic heterocycles. The van der Waals surface area contributed by atoms with Gasteiger partial charge in [0.1, 0.15) is 0 Å². The smallest absolute Gasteiger partial charge is 0.302 e. The zero-order valence-corrected chi connectivity index (χ0v) is 21.7. The summed E-state index contributed by atoms with van der Waals surface area (Å²) in [5.41, 5.74) is 0. The molecule has 0 spiro atoms. The number of phosphoric acid groups is 1. The Morgan fingerprint density at radius 1 is 0.362 bits per heavy atom. The molecule has 0 amide bonds. The Morgan fingerprint density at radius 2 is 0.574 bits per heavy atom. The lowest BCUT2D eigenvalue weighted by Gasteiger charge is -2.40. The highest BCUT2D eigenvalue weighted by molar-refractivity contribution is 7.47. The predicted octanol–water partition coefficient (Wildman–Crippen LogP) is 10.1. The Hall–Kier alpha value is -1.71. The van der Waals surface area contributed by atoms with E-state index in [0.717, 1.165) is 0 Å². The Balaban J connectivity index is 6.57. The van der Waals surface area contributed by atoms with E-state index >= 15 is 0 Å². The van der Waals surface area contributed by atoms with Crippen LogP contribution in [0.15, 0.2) is 0 Å². The van der Waals surface area contributed by atoms with Crippen LogP contribution < -0.4 is 0 Å². The van der Waals surface area contributed by atoms with E-state index in [1.165, 1.54) is 9.05 Å². The summed E-state index contributed by atoms with van der Waals surface area (Å²) in [5, 5.41) is 0. The molecule has 0 aromatic heterocycles. The van der Waals surface area contributed by atoms with Crippen molar-refractivity contribution >= 4 is 7.82 Å². The number of halogens is 26. The maximum absolute atomic E-state index is 13.6. The van der Waals surface area contributed by atoms with Gasteiger partial charge < -0.3 is 4.89 Å². The molecule has 4 nitrogen and oxygen atoms in total. The van der Waals surface area contributed by atoms with Gasteiger partial charge in [-0.15, -0.1) is 0 Å². The minimum Gasteiger partial charge on any atom is -0.302 e. The molecule has 0 aromatic carbocycles. The van der Waals surface area contributed by atoms with Crippen molar-refractivity contribution in [1.82, 2.24) is 0 Å². The van der Waals surface area contributed by atoms with Crippen molar-refractivity contribution in [2.24, 2.45) is 0 Å². The first kappa shape index (κ1) is 45.3. The van der Waals surface area contributed by atoms with Crippen molar-refractivity contribution in [1.29, 1.82) is 0 Å². The quantitative estimate of drug-likeness (QED) is 0.125. The second-order valence-corrected chi connectivity index (χ2v) is 10.1. The summed E-state index contributed by atoms with van der Waals surface area (Å²) < 4.78 is 357. The molecule has 0 saturated carbocycles. The molecule has 31 heteroatoms. The van der Waals surface area contributed by atoms with Gasteiger partial charge in [0.05, 0.1) is 0 Å². The van der Waals surface area contributed by atoms with Crippen molar-refractivity contribution in [2.45, 2.75) is 97.6 Å². The molecule has 0 aromatic rings. The van der Waals surface area contributed by atoms with Gasteiger partial charge in [-0.25, -0.2) is 13.6 Å². The summed E-state index contributed by atoms with van der Waals surface area (Å²) in [6.07, 6.45) is -42.1. The molecular formula is C16H9F26O4P. The van der Waals surface area contributed by atoms with Crippen LogP contribution in [0.2, 0.25) is 0 Å². The van der Waals surface area contributed by atoms with E-state index < -0.39 is 105 Å². The summed E-state index contributed by atoms with van der Waals surface area (Å²) in [6, 6.07) is 0. The first-order valence-electron chi connectivity index (χ1n) is 10.5. The highest BCUT2D eigenvalue weighted by Gasteiger charge is 2.89. The molecule has 47 heavy (non-hydrogen) atoms. The lowest BCUT2D eigenvalue weighted by Crippen LogP contribution is -2.68. The third-order valence-electron chi connectivity index (χ3n) is 5.13. The van der Waals surface area contributed by atoms with Crippen molar-refractivity contribution < 1.29 is 133 Å². The van der Waals surface area contributed by atoms with E-state index in [1.54, 1.807) is 0 Å². The van der Waals surface area contributed by atoms with Gasteiger partial charge in [0.25, 0.3) is 0 Å². The molecule has 0 rings (SSSR count). The van der Waals surface area contributed by atoms with Crippen molar-refractivity contribution in [3.8, 4) is 0 Å². The molecule has 0 unspecified atom stereocenters. The second kappa shape index (κ2) is 12.3. The van der Waals surface area contributed by atoms with Gasteiger partial charge in [-0.1, -0.05) is 0 Å². The van der Waals surface area contributed by atoms with Crippen LogP contribution in [0.4, 0.5) is 114 Å². The minimum absolute atomic E-state index is 1.52. The Bertz CT molecular complexity index is 1050. The number of alkyl halides is 26. The van der Waals surface area contributed by atoms with Gasteiger partial charge in [0.15, 0.2) is 0 Å². The average Bonchev–Trinajstić information content (AvgIpc) is 2.78. The van der Waals surface area contributed by atoms with E-state index in [4.69, 9.17) is 4.89 Å². The summed E-state index contributed by atoms with van der Waals surface area (Å²) in [5.74, 6) is -64.7. The van der Waals surface area contributed by atoms with E-state index in [-0.39, 0.29) is 0 Å². The summed E-state index contributed by atoms with van der Waals surface area (Å²) in [4.78, 5) is 8.59. The van der Waals surface area contributed by atoms with E-state index in [0.29, 0.717) is 0 Å². The lowest BCUT2D eigenvalue weighted by atomic mass is 9.95. The van der Waals surface area contributed by atoms with Crippen LogP contribution in [-0.2, 0) is 13.6 Å². The normalized spacial score (nSPS) is 16.6. The molecule has 0 aliphatic carbocycles. The monoisotopic (exact) mass is 790 g/mol. The fourth-order valence-corrected chi connectivity index (χ4v) is 3.40. The molecular weight excluding hydrogens is 781 g/mol. The minimum atomic E-state index is -8.81. The van der Waals surface area contributed by atoms with Crippen LogP contribution in [0.5, 0.6) is 0 Å². The van der Waals surface area contributed by atoms with Crippen LogP contribution in [0.3, 0.4) is 0 Å². The SMILES string of the molecule is O=P(O)(OC(F)(F)C(F)(F)C(F)(F)C(F)(F)C(F)(F)CCC(F)(F)F)OC(F)(F)C(F)(F)C(F)(F)C(F)(F)C(F)(F)CCC(F)(F)F. The van der Waals surface area contributed by atoms with Crippen molar-refractivity contribution in [2.75, 3.05) is 0 Å². The standard InChI is InChI=1S/C16H9F26O4P/c17-5(18,1-3-7(21,22)23)9(27,28)11(31,32)13(35,36)15(39,40)45-47(43,44)46-16(41,42)14(37,38)12(33,34)10(29,30)6(19,20)2-4-8(24,25)26/h1-4H2,(H,43,44). The van der Waals surface area contributed by atoms with Gasteiger partial charge >= 0.3 is 79.8 Å². The van der Waals surface area contributed by atoms with Crippen LogP contribution >= 0.6 is 7.82 Å². The van der Waals surface area contributed by atoms with Gasteiger partial charge in [-0.2, -0.15) is 114 Å². The highest BCUT2D eigenvalue weighted by atomic mass is 31.2. The van der Waals surface area contributed by atoms with Crippen LogP contribution in [0.1, 0.15) is 25.7 Å². The maximum Gasteiger partial charge on any atom is 0.482 e. The Kier molecular flexibility index (Phi) is 11.8. The maximum atomic E-state index is 13.6. The molecule has 0 bridgehead atoms. The molecule has 0 atom stereocenters. The third-order valence-corrected chi connectivity index (χ3v) is 6.05. The largest absolute Gasteiger partial charge is 0.482 e. The topological polar surface area (TPSA) is 55.8 Å².